The molecule has 2 unspecified atom stereocenters. The van der Waals surface area contributed by atoms with Gasteiger partial charge in [-0.15, -0.1) is 0 Å². The number of amides is 1. The molecule has 0 aliphatic heterocycles. The van der Waals surface area contributed by atoms with Crippen molar-refractivity contribution in [3.63, 3.8) is 0 Å². The quantitative estimate of drug-likeness (QED) is 0.783. The summed E-state index contributed by atoms with van der Waals surface area (Å²) in [6.45, 7) is 0.864. The van der Waals surface area contributed by atoms with E-state index in [0.29, 0.717) is 0 Å². The third-order valence-corrected chi connectivity index (χ3v) is 4.71. The molecule has 4 heteroatoms. The molecule has 2 aliphatic carbocycles. The summed E-state index contributed by atoms with van der Waals surface area (Å²) in [5.74, 6) is 0.491. The second-order valence-electron chi connectivity index (χ2n) is 5.90. The first-order valence-electron chi connectivity index (χ1n) is 7.27. The van der Waals surface area contributed by atoms with Crippen LogP contribution < -0.4 is 11.1 Å². The lowest BCUT2D eigenvalue weighted by Gasteiger charge is -2.26. The maximum absolute atomic E-state index is 11.5. The monoisotopic (exact) mass is 254 g/mol. The number of carbonyl (C=O) groups is 1. The maximum Gasteiger partial charge on any atom is 0.237 e. The normalized spacial score (nSPS) is 33.7. The van der Waals surface area contributed by atoms with Crippen LogP contribution in [0.15, 0.2) is 0 Å². The van der Waals surface area contributed by atoms with Crippen molar-refractivity contribution in [3.8, 4) is 0 Å². The Morgan fingerprint density at radius 1 is 1.33 bits per heavy atom. The number of rotatable bonds is 5. The summed E-state index contributed by atoms with van der Waals surface area (Å²) in [4.78, 5) is 11.5. The first-order valence-corrected chi connectivity index (χ1v) is 7.27. The molecule has 0 aromatic rings. The Hall–Kier alpha value is -0.610. The summed E-state index contributed by atoms with van der Waals surface area (Å²) in [5, 5.41) is 3.09. The molecule has 4 nitrogen and oxygen atoms in total. The van der Waals surface area contributed by atoms with Crippen molar-refractivity contribution in [1.82, 2.24) is 5.32 Å². The van der Waals surface area contributed by atoms with Crippen molar-refractivity contribution in [1.29, 1.82) is 0 Å². The minimum Gasteiger partial charge on any atom is -0.378 e. The minimum absolute atomic E-state index is 0.201. The zero-order valence-corrected chi connectivity index (χ0v) is 11.4. The predicted molar refractivity (Wildman–Crippen MR) is 71.2 cm³/mol. The molecule has 2 fully saturated rings. The van der Waals surface area contributed by atoms with Crippen molar-refractivity contribution in [2.75, 3.05) is 13.7 Å². The summed E-state index contributed by atoms with van der Waals surface area (Å²) in [5.41, 5.74) is 4.96. The van der Waals surface area contributed by atoms with E-state index >= 15 is 0 Å². The lowest BCUT2D eigenvalue weighted by Crippen LogP contribution is -2.52. The molecule has 2 aliphatic rings. The third-order valence-electron chi connectivity index (χ3n) is 4.71. The number of ether oxygens (including phenoxy) is 1. The topological polar surface area (TPSA) is 64.3 Å². The van der Waals surface area contributed by atoms with Gasteiger partial charge in [-0.05, 0) is 38.6 Å². The number of primary amides is 1. The van der Waals surface area contributed by atoms with Gasteiger partial charge in [0.1, 0.15) is 0 Å². The van der Waals surface area contributed by atoms with Gasteiger partial charge in [0.25, 0.3) is 0 Å². The first-order chi connectivity index (χ1) is 8.66. The summed E-state index contributed by atoms with van der Waals surface area (Å²) in [6, 6.07) is 0. The average molecular weight is 254 g/mol. The number of nitrogens with one attached hydrogen (secondary N) is 1. The summed E-state index contributed by atoms with van der Waals surface area (Å²) in [6.07, 6.45) is 9.35. The fourth-order valence-corrected chi connectivity index (χ4v) is 3.34. The smallest absolute Gasteiger partial charge is 0.237 e. The van der Waals surface area contributed by atoms with E-state index in [1.807, 2.05) is 7.05 Å². The summed E-state index contributed by atoms with van der Waals surface area (Å²) >= 11 is 0. The second kappa shape index (κ2) is 6.02. The van der Waals surface area contributed by atoms with Crippen molar-refractivity contribution in [2.45, 2.75) is 63.0 Å². The standard InChI is InChI=1S/C14H26N2O2/c1-16-14(13(15)17)8-7-12(9-14)18-10-11-5-3-2-4-6-11/h11-12,16H,2-10H2,1H3,(H2,15,17). The lowest BCUT2D eigenvalue weighted by atomic mass is 9.90. The maximum atomic E-state index is 11.5. The van der Waals surface area contributed by atoms with Gasteiger partial charge in [0.2, 0.25) is 5.91 Å². The molecular weight excluding hydrogens is 228 g/mol. The molecule has 0 heterocycles. The molecule has 0 aromatic carbocycles. The van der Waals surface area contributed by atoms with Gasteiger partial charge in [-0.3, -0.25) is 4.79 Å². The van der Waals surface area contributed by atoms with Crippen LogP contribution in [0, 0.1) is 5.92 Å². The Morgan fingerprint density at radius 2 is 2.06 bits per heavy atom. The fraction of sp³-hybridized carbons (Fsp3) is 0.929. The predicted octanol–water partition coefficient (Wildman–Crippen LogP) is 1.58. The molecule has 104 valence electrons. The van der Waals surface area contributed by atoms with Crippen LogP contribution in [0.4, 0.5) is 0 Å². The van der Waals surface area contributed by atoms with Crippen LogP contribution in [0.3, 0.4) is 0 Å². The van der Waals surface area contributed by atoms with Crippen LogP contribution in [0.25, 0.3) is 0 Å². The molecule has 3 N–H and O–H groups in total. The number of hydrogen-bond donors (Lipinski definition) is 2. The van der Waals surface area contributed by atoms with Gasteiger partial charge in [-0.25, -0.2) is 0 Å². The van der Waals surface area contributed by atoms with Crippen LogP contribution in [0.2, 0.25) is 0 Å². The zero-order valence-electron chi connectivity index (χ0n) is 11.4. The third kappa shape index (κ3) is 3.04. The van der Waals surface area contributed by atoms with Crippen LogP contribution in [0.1, 0.15) is 51.4 Å². The zero-order chi connectivity index (χ0) is 13.0. The van der Waals surface area contributed by atoms with E-state index in [1.165, 1.54) is 32.1 Å². The number of likely N-dealkylation sites (N-methyl/N-ethyl adjacent to an activating group) is 1. The highest BCUT2D eigenvalue weighted by Gasteiger charge is 2.43. The van der Waals surface area contributed by atoms with Gasteiger partial charge >= 0.3 is 0 Å². The largest absolute Gasteiger partial charge is 0.378 e. The summed E-state index contributed by atoms with van der Waals surface area (Å²) < 4.78 is 6.00. The van der Waals surface area contributed by atoms with E-state index in [9.17, 15) is 4.79 Å². The highest BCUT2D eigenvalue weighted by molar-refractivity contribution is 5.85. The first kappa shape index (κ1) is 13.8. The van der Waals surface area contributed by atoms with E-state index < -0.39 is 5.54 Å². The van der Waals surface area contributed by atoms with Crippen molar-refractivity contribution in [3.05, 3.63) is 0 Å². The Morgan fingerprint density at radius 3 is 2.61 bits per heavy atom. The molecule has 0 saturated heterocycles. The SMILES string of the molecule is CNC1(C(N)=O)CCC(OCC2CCCCC2)C1. The van der Waals surface area contributed by atoms with Crippen LogP contribution in [-0.2, 0) is 9.53 Å². The van der Waals surface area contributed by atoms with Crippen molar-refractivity contribution >= 4 is 5.91 Å². The lowest BCUT2D eigenvalue weighted by molar-refractivity contribution is -0.124. The van der Waals surface area contributed by atoms with Gasteiger partial charge in [0.05, 0.1) is 11.6 Å². The molecule has 2 rings (SSSR count). The van der Waals surface area contributed by atoms with E-state index in [4.69, 9.17) is 10.5 Å². The molecule has 0 aromatic heterocycles. The Balaban J connectivity index is 1.76. The molecular formula is C14H26N2O2. The fourth-order valence-electron chi connectivity index (χ4n) is 3.34. The van der Waals surface area contributed by atoms with E-state index in [2.05, 4.69) is 5.32 Å². The van der Waals surface area contributed by atoms with Crippen LogP contribution >= 0.6 is 0 Å². The highest BCUT2D eigenvalue weighted by atomic mass is 16.5. The number of nitrogens with two attached hydrogens (primary N) is 1. The van der Waals surface area contributed by atoms with Gasteiger partial charge < -0.3 is 15.8 Å². The van der Waals surface area contributed by atoms with E-state index in [0.717, 1.165) is 31.8 Å². The molecule has 0 radical (unpaired) electrons. The Bertz CT molecular complexity index is 290. The average Bonchev–Trinajstić information content (AvgIpc) is 2.83. The van der Waals surface area contributed by atoms with Gasteiger partial charge in [0, 0.05) is 13.0 Å². The van der Waals surface area contributed by atoms with Gasteiger partial charge in [0.15, 0.2) is 0 Å². The van der Waals surface area contributed by atoms with Gasteiger partial charge in [-0.2, -0.15) is 0 Å². The molecule has 0 spiro atoms. The summed E-state index contributed by atoms with van der Waals surface area (Å²) in [7, 11) is 1.81. The molecule has 1 amide bonds. The van der Waals surface area contributed by atoms with Gasteiger partial charge in [-0.1, -0.05) is 19.3 Å². The minimum atomic E-state index is -0.531. The second-order valence-corrected chi connectivity index (χ2v) is 5.90. The molecule has 2 atom stereocenters. The number of hydrogen-bond acceptors (Lipinski definition) is 3. The van der Waals surface area contributed by atoms with Crippen molar-refractivity contribution < 1.29 is 9.53 Å². The Kier molecular flexibility index (Phi) is 4.62. The van der Waals surface area contributed by atoms with Crippen LogP contribution in [0.5, 0.6) is 0 Å². The molecule has 2 saturated carbocycles. The molecule has 0 bridgehead atoms. The van der Waals surface area contributed by atoms with Crippen molar-refractivity contribution in [2.24, 2.45) is 11.7 Å². The highest BCUT2D eigenvalue weighted by Crippen LogP contribution is 2.33. The van der Waals surface area contributed by atoms with E-state index in [-0.39, 0.29) is 12.0 Å². The van der Waals surface area contributed by atoms with E-state index in [1.54, 1.807) is 0 Å². The Labute approximate surface area is 110 Å². The van der Waals surface area contributed by atoms with Crippen LogP contribution in [-0.4, -0.2) is 31.2 Å². The molecule has 18 heavy (non-hydrogen) atoms. The number of carbonyl (C=O) groups excluding carboxylic acids is 1.